The van der Waals surface area contributed by atoms with Gasteiger partial charge in [-0.3, -0.25) is 4.79 Å². The monoisotopic (exact) mass is 159 g/mol. The van der Waals surface area contributed by atoms with E-state index in [1.165, 1.54) is 5.56 Å². The molecule has 0 amide bonds. The van der Waals surface area contributed by atoms with Crippen molar-refractivity contribution in [3.63, 3.8) is 0 Å². The largest absolute Gasteiger partial charge is 0.291 e. The van der Waals surface area contributed by atoms with Crippen molar-refractivity contribution in [1.29, 1.82) is 0 Å². The number of hydrogen-bond acceptors (Lipinski definition) is 1. The molecule has 12 heavy (non-hydrogen) atoms. The van der Waals surface area contributed by atoms with Crippen LogP contribution in [0.5, 0.6) is 0 Å². The van der Waals surface area contributed by atoms with Crippen molar-refractivity contribution in [3.8, 4) is 0 Å². The van der Waals surface area contributed by atoms with E-state index in [9.17, 15) is 4.79 Å². The van der Waals surface area contributed by atoms with Crippen LogP contribution < -0.4 is 0 Å². The standard InChI is InChI=1S/C11H11O/c12-10-6-2-5-9-11-7-3-1-4-8-11/h1,3-5,7-9H,2,6H2. The molecule has 1 aromatic rings. The molecule has 0 aliphatic rings. The Balaban J connectivity index is 2.41. The number of carbonyl (C=O) groups excluding carboxylic acids is 1. The van der Waals surface area contributed by atoms with Gasteiger partial charge in [0.25, 0.3) is 0 Å². The molecule has 1 nitrogen and oxygen atoms in total. The highest BCUT2D eigenvalue weighted by atomic mass is 16.1. The second-order valence-corrected chi connectivity index (χ2v) is 2.50. The highest BCUT2D eigenvalue weighted by Crippen LogP contribution is 2.01. The Labute approximate surface area is 72.7 Å². The highest BCUT2D eigenvalue weighted by molar-refractivity contribution is 5.52. The van der Waals surface area contributed by atoms with Crippen molar-refractivity contribution in [3.05, 3.63) is 42.0 Å². The molecule has 61 valence electrons. The normalized spacial score (nSPS) is 10.3. The smallest absolute Gasteiger partial charge is 0.198 e. The van der Waals surface area contributed by atoms with Crippen LogP contribution in [0.15, 0.2) is 36.4 Å². The van der Waals surface area contributed by atoms with E-state index in [1.807, 2.05) is 48.8 Å². The van der Waals surface area contributed by atoms with Crippen LogP contribution in [0, 0.1) is 0 Å². The predicted octanol–water partition coefficient (Wildman–Crippen LogP) is 2.59. The van der Waals surface area contributed by atoms with Gasteiger partial charge in [-0.05, 0) is 12.0 Å². The van der Waals surface area contributed by atoms with Crippen LogP contribution in [-0.2, 0) is 4.79 Å². The first-order valence-corrected chi connectivity index (χ1v) is 4.00. The quantitative estimate of drug-likeness (QED) is 0.617. The first kappa shape index (κ1) is 8.72. The van der Waals surface area contributed by atoms with Gasteiger partial charge in [0.05, 0.1) is 0 Å². The highest BCUT2D eigenvalue weighted by Gasteiger charge is 1.82. The second-order valence-electron chi connectivity index (χ2n) is 2.50. The Morgan fingerprint density at radius 3 is 2.67 bits per heavy atom. The molecule has 0 saturated carbocycles. The average Bonchev–Trinajstić information content (AvgIpc) is 2.14. The summed E-state index contributed by atoms with van der Waals surface area (Å²) in [6, 6.07) is 10.0. The molecular formula is C11H11O. The van der Waals surface area contributed by atoms with E-state index in [0.29, 0.717) is 6.42 Å². The fourth-order valence-corrected chi connectivity index (χ4v) is 0.926. The Morgan fingerprint density at radius 1 is 1.25 bits per heavy atom. The van der Waals surface area contributed by atoms with Gasteiger partial charge in [0.15, 0.2) is 6.29 Å². The Morgan fingerprint density at radius 2 is 2.00 bits per heavy atom. The van der Waals surface area contributed by atoms with Crippen LogP contribution >= 0.6 is 0 Å². The minimum atomic E-state index is 0.489. The van der Waals surface area contributed by atoms with Crippen LogP contribution in [0.3, 0.4) is 0 Å². The first-order chi connectivity index (χ1) is 5.93. The fourth-order valence-electron chi connectivity index (χ4n) is 0.926. The average molecular weight is 159 g/mol. The van der Waals surface area contributed by atoms with E-state index in [4.69, 9.17) is 0 Å². The van der Waals surface area contributed by atoms with Crippen LogP contribution in [0.1, 0.15) is 18.4 Å². The summed E-state index contributed by atoms with van der Waals surface area (Å²) in [5.74, 6) is 0. The molecule has 0 unspecified atom stereocenters. The maximum Gasteiger partial charge on any atom is 0.198 e. The van der Waals surface area contributed by atoms with Crippen molar-refractivity contribution in [2.24, 2.45) is 0 Å². The van der Waals surface area contributed by atoms with Crippen molar-refractivity contribution in [1.82, 2.24) is 0 Å². The first-order valence-electron chi connectivity index (χ1n) is 4.00. The third kappa shape index (κ3) is 3.15. The molecule has 0 aromatic heterocycles. The van der Waals surface area contributed by atoms with E-state index < -0.39 is 0 Å². The number of allylic oxidation sites excluding steroid dienone is 1. The Kier molecular flexibility index (Phi) is 3.86. The lowest BCUT2D eigenvalue weighted by Crippen LogP contribution is -1.71. The van der Waals surface area contributed by atoms with Crippen molar-refractivity contribution in [2.45, 2.75) is 12.8 Å². The van der Waals surface area contributed by atoms with Crippen molar-refractivity contribution in [2.75, 3.05) is 0 Å². The number of benzene rings is 1. The number of hydrogen-bond donors (Lipinski definition) is 0. The topological polar surface area (TPSA) is 17.1 Å². The van der Waals surface area contributed by atoms with Gasteiger partial charge in [0.2, 0.25) is 0 Å². The fraction of sp³-hybridized carbons (Fsp3) is 0.182. The molecular weight excluding hydrogens is 148 g/mol. The van der Waals surface area contributed by atoms with Crippen molar-refractivity contribution < 1.29 is 4.79 Å². The van der Waals surface area contributed by atoms with Crippen molar-refractivity contribution >= 4 is 12.4 Å². The molecule has 1 radical (unpaired) electrons. The zero-order valence-electron chi connectivity index (χ0n) is 6.86. The summed E-state index contributed by atoms with van der Waals surface area (Å²) in [5, 5.41) is 0. The third-order valence-electron chi connectivity index (χ3n) is 1.52. The van der Waals surface area contributed by atoms with E-state index >= 15 is 0 Å². The van der Waals surface area contributed by atoms with Gasteiger partial charge in [-0.15, -0.1) is 0 Å². The Hall–Kier alpha value is -1.37. The summed E-state index contributed by atoms with van der Waals surface area (Å²) in [6.07, 6.45) is 7.12. The Bertz CT molecular complexity index is 249. The van der Waals surface area contributed by atoms with Gasteiger partial charge in [-0.1, -0.05) is 42.5 Å². The van der Waals surface area contributed by atoms with Gasteiger partial charge < -0.3 is 0 Å². The minimum Gasteiger partial charge on any atom is -0.291 e. The van der Waals surface area contributed by atoms with Gasteiger partial charge in [0.1, 0.15) is 0 Å². The molecule has 0 saturated heterocycles. The second kappa shape index (κ2) is 5.30. The number of rotatable bonds is 4. The zero-order valence-corrected chi connectivity index (χ0v) is 6.86. The zero-order chi connectivity index (χ0) is 8.65. The molecule has 0 atom stereocenters. The minimum absolute atomic E-state index is 0.489. The number of unbranched alkanes of at least 4 members (excludes halogenated alkanes) is 1. The lowest BCUT2D eigenvalue weighted by atomic mass is 10.2. The summed E-state index contributed by atoms with van der Waals surface area (Å²) in [6.45, 7) is 0. The molecule has 1 heteroatoms. The summed E-state index contributed by atoms with van der Waals surface area (Å²) in [5.41, 5.74) is 1.17. The molecule has 0 heterocycles. The molecule has 0 N–H and O–H groups in total. The lowest BCUT2D eigenvalue weighted by molar-refractivity contribution is 0.552. The molecule has 0 aliphatic carbocycles. The molecule has 0 bridgehead atoms. The van der Waals surface area contributed by atoms with E-state index in [0.717, 1.165) is 6.42 Å². The van der Waals surface area contributed by atoms with Gasteiger partial charge in [-0.25, -0.2) is 0 Å². The maximum absolute atomic E-state index is 9.86. The SMILES string of the molecule is O=[C]CCC=Cc1ccccc1. The van der Waals surface area contributed by atoms with Crippen LogP contribution in [0.25, 0.3) is 6.08 Å². The van der Waals surface area contributed by atoms with Gasteiger partial charge in [0, 0.05) is 6.42 Å². The molecule has 0 spiro atoms. The lowest BCUT2D eigenvalue weighted by Gasteiger charge is -1.89. The van der Waals surface area contributed by atoms with E-state index in [1.54, 1.807) is 0 Å². The van der Waals surface area contributed by atoms with E-state index in [-0.39, 0.29) is 0 Å². The third-order valence-corrected chi connectivity index (χ3v) is 1.52. The van der Waals surface area contributed by atoms with Gasteiger partial charge >= 0.3 is 0 Å². The molecule has 1 aromatic carbocycles. The molecule has 1 rings (SSSR count). The molecule has 0 fully saturated rings. The summed E-state index contributed by atoms with van der Waals surface area (Å²) >= 11 is 0. The summed E-state index contributed by atoms with van der Waals surface area (Å²) in [7, 11) is 0. The summed E-state index contributed by atoms with van der Waals surface area (Å²) < 4.78 is 0. The van der Waals surface area contributed by atoms with Gasteiger partial charge in [-0.2, -0.15) is 0 Å². The van der Waals surface area contributed by atoms with E-state index in [2.05, 4.69) is 0 Å². The summed E-state index contributed by atoms with van der Waals surface area (Å²) in [4.78, 5) is 9.86. The molecule has 0 aliphatic heterocycles. The van der Waals surface area contributed by atoms with Crippen LogP contribution in [-0.4, -0.2) is 6.29 Å². The van der Waals surface area contributed by atoms with Crippen LogP contribution in [0.2, 0.25) is 0 Å². The van der Waals surface area contributed by atoms with Crippen LogP contribution in [0.4, 0.5) is 0 Å². The maximum atomic E-state index is 9.86. The predicted molar refractivity (Wildman–Crippen MR) is 50.4 cm³/mol.